The van der Waals surface area contributed by atoms with Gasteiger partial charge in [-0.15, -0.1) is 11.3 Å². The van der Waals surface area contributed by atoms with Gasteiger partial charge in [-0.25, -0.2) is 8.42 Å². The summed E-state index contributed by atoms with van der Waals surface area (Å²) in [4.78, 5) is 4.11. The van der Waals surface area contributed by atoms with Crippen LogP contribution in [-0.4, -0.2) is 85.4 Å². The van der Waals surface area contributed by atoms with Crippen molar-refractivity contribution in [3.8, 4) is 0 Å². The van der Waals surface area contributed by atoms with Gasteiger partial charge in [0.15, 0.2) is 5.60 Å². The molecule has 2 aliphatic rings. The lowest BCUT2D eigenvalue weighted by Crippen LogP contribution is -2.59. The first-order valence-corrected chi connectivity index (χ1v) is 13.8. The molecule has 0 bridgehead atoms. The van der Waals surface area contributed by atoms with Crippen LogP contribution in [-0.2, 0) is 15.6 Å². The van der Waals surface area contributed by atoms with E-state index in [4.69, 9.17) is 0 Å². The third-order valence-electron chi connectivity index (χ3n) is 6.80. The molecule has 7 nitrogen and oxygen atoms in total. The van der Waals surface area contributed by atoms with Gasteiger partial charge in [0, 0.05) is 38.4 Å². The Morgan fingerprint density at radius 3 is 2.40 bits per heavy atom. The zero-order valence-electron chi connectivity index (χ0n) is 19.4. The normalized spacial score (nSPS) is 24.9. The lowest BCUT2D eigenvalue weighted by Gasteiger charge is -2.45. The van der Waals surface area contributed by atoms with Crippen molar-refractivity contribution in [1.29, 1.82) is 0 Å². The number of benzene rings is 1. The summed E-state index contributed by atoms with van der Waals surface area (Å²) in [6.07, 6.45) is -3.68. The van der Waals surface area contributed by atoms with Gasteiger partial charge in [0.1, 0.15) is 4.21 Å². The van der Waals surface area contributed by atoms with Crippen LogP contribution in [0.25, 0.3) is 0 Å². The predicted molar refractivity (Wildman–Crippen MR) is 128 cm³/mol. The number of hydrogen-bond acceptors (Lipinski definition) is 7. The van der Waals surface area contributed by atoms with Gasteiger partial charge in [0.25, 0.3) is 10.0 Å². The van der Waals surface area contributed by atoms with Gasteiger partial charge in [-0.3, -0.25) is 4.90 Å². The second kappa shape index (κ2) is 9.98. The maximum atomic E-state index is 13.3. The Morgan fingerprint density at radius 1 is 1.09 bits per heavy atom. The van der Waals surface area contributed by atoms with Crippen molar-refractivity contribution in [2.75, 3.05) is 44.2 Å². The Hall–Kier alpha value is -1.70. The highest BCUT2D eigenvalue weighted by atomic mass is 32.2. The lowest BCUT2D eigenvalue weighted by atomic mass is 9.95. The first kappa shape index (κ1) is 26.4. The van der Waals surface area contributed by atoms with E-state index in [2.05, 4.69) is 4.90 Å². The number of hydrogen-bond donors (Lipinski definition) is 2. The fourth-order valence-corrected chi connectivity index (χ4v) is 7.33. The largest absolute Gasteiger partial charge is 0.421 e. The molecule has 12 heteroatoms. The van der Waals surface area contributed by atoms with E-state index in [9.17, 15) is 31.8 Å². The molecular weight excluding hydrogens is 503 g/mol. The Kier molecular flexibility index (Phi) is 7.52. The average molecular weight is 534 g/mol. The molecule has 1 unspecified atom stereocenters. The number of aliphatic hydroxyl groups is 2. The third-order valence-corrected chi connectivity index (χ3v) is 10.0. The smallest absolute Gasteiger partial charge is 0.392 e. The minimum Gasteiger partial charge on any atom is -0.392 e. The van der Waals surface area contributed by atoms with E-state index in [1.807, 2.05) is 4.90 Å². The summed E-state index contributed by atoms with van der Waals surface area (Å²) >= 11 is 1.16. The van der Waals surface area contributed by atoms with E-state index in [-0.39, 0.29) is 28.9 Å². The van der Waals surface area contributed by atoms with Gasteiger partial charge >= 0.3 is 6.18 Å². The van der Waals surface area contributed by atoms with Crippen LogP contribution in [0.4, 0.5) is 18.9 Å². The molecule has 0 aliphatic carbocycles. The summed E-state index contributed by atoms with van der Waals surface area (Å²) in [5, 5.41) is 21.8. The number of halogens is 3. The molecule has 2 fully saturated rings. The highest BCUT2D eigenvalue weighted by molar-refractivity contribution is 7.91. The van der Waals surface area contributed by atoms with Crippen LogP contribution < -0.4 is 4.90 Å². The van der Waals surface area contributed by atoms with Gasteiger partial charge in [-0.1, -0.05) is 18.2 Å². The monoisotopic (exact) mass is 533 g/mol. The van der Waals surface area contributed by atoms with Gasteiger partial charge in [0.05, 0.1) is 12.1 Å². The van der Waals surface area contributed by atoms with Gasteiger partial charge < -0.3 is 15.1 Å². The number of thiophene rings is 1. The number of β-amino-alcohol motifs (C(OH)–C–C–N with tert-alkyl or cyclic N) is 1. The highest BCUT2D eigenvalue weighted by Gasteiger charge is 2.51. The molecule has 2 N–H and O–H groups in total. The van der Waals surface area contributed by atoms with Crippen molar-refractivity contribution in [2.24, 2.45) is 0 Å². The molecule has 3 heterocycles. The molecule has 2 aromatic rings. The van der Waals surface area contributed by atoms with Crippen LogP contribution in [0.3, 0.4) is 0 Å². The Bertz CT molecular complexity index is 1090. The molecular formula is C23H30F3N3O4S2. The van der Waals surface area contributed by atoms with Crippen LogP contribution in [0.2, 0.25) is 0 Å². The molecule has 1 aromatic heterocycles. The predicted octanol–water partition coefficient (Wildman–Crippen LogP) is 2.85. The van der Waals surface area contributed by atoms with Gasteiger partial charge in [-0.05, 0) is 55.5 Å². The number of sulfonamides is 1. The zero-order valence-corrected chi connectivity index (χ0v) is 21.0. The molecule has 0 amide bonds. The van der Waals surface area contributed by atoms with Crippen molar-refractivity contribution in [2.45, 2.75) is 47.9 Å². The number of piperazine rings is 1. The Morgan fingerprint density at radius 2 is 1.80 bits per heavy atom. The molecule has 0 radical (unpaired) electrons. The summed E-state index contributed by atoms with van der Waals surface area (Å²) in [6.45, 7) is 3.33. The molecule has 3 atom stereocenters. The molecule has 0 spiro atoms. The Balaban J connectivity index is 1.59. The molecule has 0 saturated carbocycles. The number of nitrogens with zero attached hydrogens (tertiary/aromatic N) is 3. The van der Waals surface area contributed by atoms with Gasteiger partial charge in [0.2, 0.25) is 0 Å². The summed E-state index contributed by atoms with van der Waals surface area (Å²) in [7, 11) is -3.65. The Labute approximate surface area is 207 Å². The summed E-state index contributed by atoms with van der Waals surface area (Å²) in [6, 6.07) is 8.61. The second-order valence-corrected chi connectivity index (χ2v) is 12.4. The maximum Gasteiger partial charge on any atom is 0.421 e. The van der Waals surface area contributed by atoms with E-state index in [0.29, 0.717) is 25.3 Å². The lowest BCUT2D eigenvalue weighted by molar-refractivity contribution is -0.258. The second-order valence-electron chi connectivity index (χ2n) is 9.31. The topological polar surface area (TPSA) is 84.3 Å². The van der Waals surface area contributed by atoms with Crippen molar-refractivity contribution in [1.82, 2.24) is 9.21 Å². The molecule has 2 aliphatic heterocycles. The van der Waals surface area contributed by atoms with Gasteiger partial charge in [-0.2, -0.15) is 17.5 Å². The fourth-order valence-electron chi connectivity index (χ4n) is 4.71. The number of aliphatic hydroxyl groups excluding tert-OH is 1. The minimum atomic E-state index is -4.81. The number of alkyl halides is 3. The molecule has 1 aromatic carbocycles. The van der Waals surface area contributed by atoms with E-state index < -0.39 is 27.9 Å². The number of anilines is 1. The first-order valence-electron chi connectivity index (χ1n) is 11.5. The minimum absolute atomic E-state index is 0.217. The van der Waals surface area contributed by atoms with Crippen molar-refractivity contribution in [3.63, 3.8) is 0 Å². The van der Waals surface area contributed by atoms with E-state index in [1.165, 1.54) is 28.6 Å². The fraction of sp³-hybridized carbons (Fsp3) is 0.565. The van der Waals surface area contributed by atoms with Crippen LogP contribution in [0.1, 0.15) is 25.3 Å². The maximum absolute atomic E-state index is 13.3. The molecule has 4 rings (SSSR count). The van der Waals surface area contributed by atoms with E-state index in [0.717, 1.165) is 37.6 Å². The summed E-state index contributed by atoms with van der Waals surface area (Å²) < 4.78 is 67.8. The van der Waals surface area contributed by atoms with Crippen molar-refractivity contribution < 1.29 is 31.8 Å². The first-order chi connectivity index (χ1) is 16.4. The van der Waals surface area contributed by atoms with E-state index in [1.54, 1.807) is 17.5 Å². The number of piperidine rings is 1. The number of rotatable bonds is 6. The average Bonchev–Trinajstić information content (AvgIpc) is 3.34. The van der Waals surface area contributed by atoms with Crippen LogP contribution in [0, 0.1) is 0 Å². The number of likely N-dealkylation sites (tertiary alicyclic amines) is 1. The SMILES string of the molecule is C[C@](O)(c1ccc(N2CCN(S(=O)(=O)c3cccs3)C[C@@H]2CN2CCCC(O)C2)cc1)C(F)(F)F. The molecule has 2 saturated heterocycles. The molecule has 194 valence electrons. The van der Waals surface area contributed by atoms with Crippen LogP contribution >= 0.6 is 11.3 Å². The van der Waals surface area contributed by atoms with E-state index >= 15 is 0 Å². The summed E-state index contributed by atoms with van der Waals surface area (Å²) in [5.41, 5.74) is -2.58. The third kappa shape index (κ3) is 5.52. The quantitative estimate of drug-likeness (QED) is 0.594. The zero-order chi connectivity index (χ0) is 25.4. The van der Waals surface area contributed by atoms with Crippen LogP contribution in [0.15, 0.2) is 46.0 Å². The van der Waals surface area contributed by atoms with Crippen LogP contribution in [0.5, 0.6) is 0 Å². The van der Waals surface area contributed by atoms with Crippen molar-refractivity contribution in [3.05, 3.63) is 47.3 Å². The molecule has 35 heavy (non-hydrogen) atoms. The van der Waals surface area contributed by atoms with Crippen molar-refractivity contribution >= 4 is 27.0 Å². The standard InChI is InChI=1S/C23H30F3N3O4S2/c1-22(31,23(24,25)26)17-6-8-18(9-7-17)29-12-11-28(35(32,33)21-5-3-13-34-21)15-19(29)14-27-10-2-4-20(30)16-27/h3,5-9,13,19-20,30-31H,2,4,10-12,14-16H2,1H3/t19-,20?,22-/m0/s1. The summed E-state index contributed by atoms with van der Waals surface area (Å²) in [5.74, 6) is 0. The highest BCUT2D eigenvalue weighted by Crippen LogP contribution is 2.39.